The number of nitrogens with two attached hydrogens (primary N) is 1. The lowest BCUT2D eigenvalue weighted by molar-refractivity contribution is 0.0995. The number of carbonyl (C=O) groups excluding carboxylic acids is 1. The van der Waals surface area contributed by atoms with Crippen molar-refractivity contribution >= 4 is 11.9 Å². The number of hydrogen-bond acceptors (Lipinski definition) is 5. The van der Waals surface area contributed by atoms with Gasteiger partial charge in [-0.25, -0.2) is 9.97 Å². The molecule has 3 rings (SSSR count). The Balaban J connectivity index is 1.81. The van der Waals surface area contributed by atoms with Crippen molar-refractivity contribution in [3.8, 4) is 11.3 Å². The van der Waals surface area contributed by atoms with Crippen LogP contribution in [0.5, 0.6) is 0 Å². The van der Waals surface area contributed by atoms with Crippen LogP contribution in [0.2, 0.25) is 0 Å². The summed E-state index contributed by atoms with van der Waals surface area (Å²) in [7, 11) is 0. The first-order valence-electron chi connectivity index (χ1n) is 7.23. The van der Waals surface area contributed by atoms with E-state index < -0.39 is 5.91 Å². The third-order valence-corrected chi connectivity index (χ3v) is 3.28. The second kappa shape index (κ2) is 6.74. The van der Waals surface area contributed by atoms with Crippen molar-refractivity contribution in [2.75, 3.05) is 11.9 Å². The summed E-state index contributed by atoms with van der Waals surface area (Å²) in [5.74, 6) is 0.650. The highest BCUT2D eigenvalue weighted by molar-refractivity contribution is 5.92. The highest BCUT2D eigenvalue weighted by Gasteiger charge is 2.10. The summed E-state index contributed by atoms with van der Waals surface area (Å²) in [4.78, 5) is 20.1. The van der Waals surface area contributed by atoms with Crippen LogP contribution < -0.4 is 11.1 Å². The number of amides is 1. The molecule has 2 heterocycles. The molecule has 116 valence electrons. The fourth-order valence-electron chi connectivity index (χ4n) is 2.16. The molecule has 0 fully saturated rings. The average molecular weight is 308 g/mol. The van der Waals surface area contributed by atoms with Gasteiger partial charge in [-0.15, -0.1) is 0 Å². The van der Waals surface area contributed by atoms with E-state index in [-0.39, 0.29) is 5.69 Å². The van der Waals surface area contributed by atoms with Crippen LogP contribution in [-0.2, 0) is 6.42 Å². The van der Waals surface area contributed by atoms with Gasteiger partial charge >= 0.3 is 0 Å². The van der Waals surface area contributed by atoms with Crippen molar-refractivity contribution in [2.45, 2.75) is 6.42 Å². The van der Waals surface area contributed by atoms with Crippen molar-refractivity contribution in [3.05, 3.63) is 66.2 Å². The Morgan fingerprint density at radius 1 is 1.13 bits per heavy atom. The van der Waals surface area contributed by atoms with E-state index in [0.717, 1.165) is 11.3 Å². The Bertz CT molecular complexity index is 786. The molecule has 1 aromatic carbocycles. The number of anilines is 1. The minimum absolute atomic E-state index is 0.180. The van der Waals surface area contributed by atoms with Gasteiger partial charge in [-0.05, 0) is 18.2 Å². The van der Waals surface area contributed by atoms with E-state index in [4.69, 9.17) is 10.2 Å². The van der Waals surface area contributed by atoms with Gasteiger partial charge in [-0.1, -0.05) is 30.3 Å². The molecule has 0 aliphatic heterocycles. The van der Waals surface area contributed by atoms with E-state index in [1.54, 1.807) is 12.3 Å². The van der Waals surface area contributed by atoms with Gasteiger partial charge in [0.2, 0.25) is 5.95 Å². The van der Waals surface area contributed by atoms with Crippen molar-refractivity contribution in [1.29, 1.82) is 0 Å². The maximum atomic E-state index is 11.5. The third-order valence-electron chi connectivity index (χ3n) is 3.28. The summed E-state index contributed by atoms with van der Waals surface area (Å²) in [6, 6.07) is 14.9. The molecule has 0 saturated heterocycles. The minimum atomic E-state index is -0.585. The predicted molar refractivity (Wildman–Crippen MR) is 86.9 cm³/mol. The normalized spacial score (nSPS) is 10.4. The lowest BCUT2D eigenvalue weighted by Crippen LogP contribution is -2.16. The number of primary amides is 1. The Labute approximate surface area is 133 Å². The first kappa shape index (κ1) is 14.8. The van der Waals surface area contributed by atoms with Crippen LogP contribution in [0.3, 0.4) is 0 Å². The largest absolute Gasteiger partial charge is 0.469 e. The molecule has 6 heteroatoms. The molecule has 6 nitrogen and oxygen atoms in total. The fourth-order valence-corrected chi connectivity index (χ4v) is 2.16. The number of rotatable bonds is 6. The van der Waals surface area contributed by atoms with Crippen LogP contribution in [0.15, 0.2) is 59.2 Å². The molecule has 0 aliphatic carbocycles. The van der Waals surface area contributed by atoms with E-state index in [2.05, 4.69) is 15.3 Å². The van der Waals surface area contributed by atoms with Crippen molar-refractivity contribution < 1.29 is 9.21 Å². The fraction of sp³-hybridized carbons (Fsp3) is 0.118. The number of furan rings is 1. The first-order valence-corrected chi connectivity index (χ1v) is 7.23. The summed E-state index contributed by atoms with van der Waals surface area (Å²) < 4.78 is 5.27. The van der Waals surface area contributed by atoms with Crippen LogP contribution >= 0.6 is 0 Å². The van der Waals surface area contributed by atoms with Gasteiger partial charge in [0, 0.05) is 18.5 Å². The first-order chi connectivity index (χ1) is 11.2. The Morgan fingerprint density at radius 3 is 2.65 bits per heavy atom. The van der Waals surface area contributed by atoms with Crippen LogP contribution in [0, 0.1) is 0 Å². The second-order valence-corrected chi connectivity index (χ2v) is 4.95. The molecule has 0 atom stereocenters. The third kappa shape index (κ3) is 3.74. The highest BCUT2D eigenvalue weighted by Crippen LogP contribution is 2.19. The van der Waals surface area contributed by atoms with E-state index >= 15 is 0 Å². The molecule has 0 aliphatic rings. The highest BCUT2D eigenvalue weighted by atomic mass is 16.3. The molecule has 2 aromatic heterocycles. The van der Waals surface area contributed by atoms with E-state index in [1.165, 1.54) is 0 Å². The number of aromatic nitrogens is 2. The topological polar surface area (TPSA) is 94.0 Å². The van der Waals surface area contributed by atoms with Crippen molar-refractivity contribution in [3.63, 3.8) is 0 Å². The lowest BCUT2D eigenvalue weighted by atomic mass is 10.1. The van der Waals surface area contributed by atoms with Crippen LogP contribution in [0.25, 0.3) is 11.3 Å². The van der Waals surface area contributed by atoms with Gasteiger partial charge in [-0.3, -0.25) is 4.79 Å². The predicted octanol–water partition coefficient (Wildman–Crippen LogP) is 2.49. The number of nitrogens with zero attached hydrogens (tertiary/aromatic N) is 2. The van der Waals surface area contributed by atoms with E-state index in [9.17, 15) is 4.79 Å². The Hall–Kier alpha value is -3.15. The summed E-state index contributed by atoms with van der Waals surface area (Å²) in [5.41, 5.74) is 7.09. The molecule has 0 spiro atoms. The van der Waals surface area contributed by atoms with Gasteiger partial charge in [0.05, 0.1) is 12.0 Å². The van der Waals surface area contributed by atoms with Gasteiger partial charge < -0.3 is 15.5 Å². The lowest BCUT2D eigenvalue weighted by Gasteiger charge is -2.08. The van der Waals surface area contributed by atoms with Crippen LogP contribution in [0.1, 0.15) is 16.2 Å². The van der Waals surface area contributed by atoms with Gasteiger partial charge in [0.1, 0.15) is 11.5 Å². The SMILES string of the molecule is NC(=O)c1cc(-c2ccccc2)nc(NCCc2ccco2)n1. The molecular formula is C17H16N4O2. The standard InChI is InChI=1S/C17H16N4O2/c18-16(22)15-11-14(12-5-2-1-3-6-12)20-17(21-15)19-9-8-13-7-4-10-23-13/h1-7,10-11H,8-9H2,(H2,18,22)(H,19,20,21). The number of nitrogens with one attached hydrogen (secondary N) is 1. The Kier molecular flexibility index (Phi) is 4.33. The minimum Gasteiger partial charge on any atom is -0.469 e. The molecule has 0 bridgehead atoms. The summed E-state index contributed by atoms with van der Waals surface area (Å²) in [6.45, 7) is 0.587. The van der Waals surface area contributed by atoms with Crippen LogP contribution in [0.4, 0.5) is 5.95 Å². The molecule has 3 N–H and O–H groups in total. The maximum absolute atomic E-state index is 11.5. The zero-order chi connectivity index (χ0) is 16.1. The van der Waals surface area contributed by atoms with Crippen molar-refractivity contribution in [1.82, 2.24) is 9.97 Å². The van der Waals surface area contributed by atoms with E-state index in [0.29, 0.717) is 24.6 Å². The molecule has 0 radical (unpaired) electrons. The molecular weight excluding hydrogens is 292 g/mol. The monoisotopic (exact) mass is 308 g/mol. The molecule has 0 saturated carbocycles. The summed E-state index contributed by atoms with van der Waals surface area (Å²) in [5, 5.41) is 3.10. The average Bonchev–Trinajstić information content (AvgIpc) is 3.09. The smallest absolute Gasteiger partial charge is 0.267 e. The number of hydrogen-bond donors (Lipinski definition) is 2. The second-order valence-electron chi connectivity index (χ2n) is 4.95. The summed E-state index contributed by atoms with van der Waals surface area (Å²) >= 11 is 0. The maximum Gasteiger partial charge on any atom is 0.267 e. The van der Waals surface area contributed by atoms with Gasteiger partial charge in [0.25, 0.3) is 5.91 Å². The molecule has 3 aromatic rings. The molecule has 1 amide bonds. The zero-order valence-electron chi connectivity index (χ0n) is 12.4. The number of carbonyl (C=O) groups is 1. The van der Waals surface area contributed by atoms with Gasteiger partial charge in [-0.2, -0.15) is 0 Å². The molecule has 23 heavy (non-hydrogen) atoms. The summed E-state index contributed by atoms with van der Waals surface area (Å²) in [6.07, 6.45) is 2.32. The van der Waals surface area contributed by atoms with Crippen LogP contribution in [-0.4, -0.2) is 22.4 Å². The number of benzene rings is 1. The van der Waals surface area contributed by atoms with E-state index in [1.807, 2.05) is 42.5 Å². The molecule has 0 unspecified atom stereocenters. The quantitative estimate of drug-likeness (QED) is 0.729. The Morgan fingerprint density at radius 2 is 1.96 bits per heavy atom. The van der Waals surface area contributed by atoms with Gasteiger partial charge in [0.15, 0.2) is 0 Å². The zero-order valence-corrected chi connectivity index (χ0v) is 12.4. The van der Waals surface area contributed by atoms with Crippen molar-refractivity contribution in [2.24, 2.45) is 5.73 Å².